The topological polar surface area (TPSA) is 97.7 Å². The lowest BCUT2D eigenvalue weighted by Crippen LogP contribution is -2.34. The second kappa shape index (κ2) is 5.69. The van der Waals surface area contributed by atoms with E-state index in [9.17, 15) is 18.0 Å². The Morgan fingerprint density at radius 2 is 1.93 bits per heavy atom. The number of esters is 1. The van der Waals surface area contributed by atoms with Crippen LogP contribution >= 0.6 is 0 Å². The molecule has 0 aromatic rings. The summed E-state index contributed by atoms with van der Waals surface area (Å²) in [6, 6.07) is 0. The molecule has 0 saturated carbocycles. The lowest BCUT2D eigenvalue weighted by atomic mass is 10.2. The number of carbonyl (C=O) groups is 2. The number of hydrogen-bond acceptors (Lipinski definition) is 5. The zero-order valence-electron chi connectivity index (χ0n) is 8.60. The molecule has 88 valence electrons. The van der Waals surface area contributed by atoms with Gasteiger partial charge < -0.3 is 9.84 Å². The molecule has 0 rings (SSSR count). The van der Waals surface area contributed by atoms with Gasteiger partial charge in [-0.05, 0) is 6.42 Å². The Bertz CT molecular complexity index is 331. The van der Waals surface area contributed by atoms with Crippen LogP contribution in [-0.2, 0) is 24.2 Å². The summed E-state index contributed by atoms with van der Waals surface area (Å²) < 4.78 is 27.1. The molecule has 0 saturated heterocycles. The SMILES string of the molecule is CCCC(C(=O)O)S(=O)(=O)CC(=O)OC. The van der Waals surface area contributed by atoms with Crippen LogP contribution in [0.15, 0.2) is 0 Å². The normalized spacial score (nSPS) is 13.2. The summed E-state index contributed by atoms with van der Waals surface area (Å²) in [7, 11) is -2.92. The molecule has 0 bridgehead atoms. The number of methoxy groups -OCH3 is 1. The molecule has 0 aromatic heterocycles. The molecule has 0 fully saturated rings. The zero-order chi connectivity index (χ0) is 12.1. The van der Waals surface area contributed by atoms with Crippen LogP contribution in [0.25, 0.3) is 0 Å². The average Bonchev–Trinajstić information content (AvgIpc) is 2.12. The zero-order valence-corrected chi connectivity index (χ0v) is 9.41. The standard InChI is InChI=1S/C8H14O6S/c1-3-4-6(8(10)11)15(12,13)5-7(9)14-2/h6H,3-5H2,1-2H3,(H,10,11). The maximum Gasteiger partial charge on any atom is 0.321 e. The van der Waals surface area contributed by atoms with Crippen LogP contribution in [-0.4, -0.2) is 43.6 Å². The molecule has 15 heavy (non-hydrogen) atoms. The molecule has 0 heterocycles. The maximum absolute atomic E-state index is 11.4. The number of carbonyl (C=O) groups excluding carboxylic acids is 1. The van der Waals surface area contributed by atoms with Gasteiger partial charge in [0.2, 0.25) is 0 Å². The van der Waals surface area contributed by atoms with Crippen molar-refractivity contribution in [1.82, 2.24) is 0 Å². The number of hydrogen-bond donors (Lipinski definition) is 1. The number of carboxylic acid groups (broad SMARTS) is 1. The number of ether oxygens (including phenoxy) is 1. The minimum absolute atomic E-state index is 0.00530. The first-order valence-electron chi connectivity index (χ1n) is 4.36. The van der Waals surface area contributed by atoms with E-state index in [1.165, 1.54) is 0 Å². The highest BCUT2D eigenvalue weighted by Crippen LogP contribution is 2.10. The van der Waals surface area contributed by atoms with Crippen LogP contribution < -0.4 is 0 Å². The molecule has 0 aliphatic carbocycles. The van der Waals surface area contributed by atoms with Crippen LogP contribution in [0.2, 0.25) is 0 Å². The van der Waals surface area contributed by atoms with E-state index in [2.05, 4.69) is 4.74 Å². The fourth-order valence-corrected chi connectivity index (χ4v) is 2.59. The van der Waals surface area contributed by atoms with Gasteiger partial charge in [-0.25, -0.2) is 8.42 Å². The molecular formula is C8H14O6S. The Labute approximate surface area is 88.2 Å². The first-order valence-corrected chi connectivity index (χ1v) is 6.07. The summed E-state index contributed by atoms with van der Waals surface area (Å²) in [6.07, 6.45) is 0.409. The van der Waals surface area contributed by atoms with E-state index in [0.717, 1.165) is 7.11 Å². The van der Waals surface area contributed by atoms with Gasteiger partial charge in [0.05, 0.1) is 7.11 Å². The fraction of sp³-hybridized carbons (Fsp3) is 0.750. The Balaban J connectivity index is 4.80. The van der Waals surface area contributed by atoms with Crippen molar-refractivity contribution in [3.8, 4) is 0 Å². The molecule has 1 atom stereocenters. The highest BCUT2D eigenvalue weighted by Gasteiger charge is 2.33. The third-order valence-electron chi connectivity index (χ3n) is 1.81. The average molecular weight is 238 g/mol. The first-order chi connectivity index (χ1) is 6.85. The van der Waals surface area contributed by atoms with E-state index >= 15 is 0 Å². The predicted molar refractivity (Wildman–Crippen MR) is 52.1 cm³/mol. The van der Waals surface area contributed by atoms with Crippen molar-refractivity contribution in [2.24, 2.45) is 0 Å². The highest BCUT2D eigenvalue weighted by atomic mass is 32.2. The van der Waals surface area contributed by atoms with Crippen molar-refractivity contribution in [1.29, 1.82) is 0 Å². The third kappa shape index (κ3) is 4.28. The molecule has 1 N–H and O–H groups in total. The molecule has 0 spiro atoms. The quantitative estimate of drug-likeness (QED) is 0.645. The van der Waals surface area contributed by atoms with Gasteiger partial charge in [0.25, 0.3) is 0 Å². The van der Waals surface area contributed by atoms with Gasteiger partial charge in [-0.15, -0.1) is 0 Å². The molecule has 1 unspecified atom stereocenters. The molecule has 0 aliphatic rings. The van der Waals surface area contributed by atoms with Crippen molar-refractivity contribution in [2.45, 2.75) is 25.0 Å². The molecular weight excluding hydrogens is 224 g/mol. The fourth-order valence-electron chi connectivity index (χ4n) is 1.04. The smallest absolute Gasteiger partial charge is 0.321 e. The summed E-state index contributed by atoms with van der Waals surface area (Å²) in [6.45, 7) is 1.67. The van der Waals surface area contributed by atoms with Crippen LogP contribution in [0.5, 0.6) is 0 Å². The monoisotopic (exact) mass is 238 g/mol. The second-order valence-electron chi connectivity index (χ2n) is 3.00. The van der Waals surface area contributed by atoms with Gasteiger partial charge in [0, 0.05) is 0 Å². The molecule has 7 heteroatoms. The van der Waals surface area contributed by atoms with Crippen molar-refractivity contribution in [3.63, 3.8) is 0 Å². The number of aliphatic carboxylic acids is 1. The van der Waals surface area contributed by atoms with E-state index in [1.807, 2.05) is 0 Å². The largest absolute Gasteiger partial charge is 0.480 e. The number of rotatable bonds is 6. The van der Waals surface area contributed by atoms with E-state index in [-0.39, 0.29) is 6.42 Å². The highest BCUT2D eigenvalue weighted by molar-refractivity contribution is 7.93. The Morgan fingerprint density at radius 1 is 1.40 bits per heavy atom. The van der Waals surface area contributed by atoms with E-state index < -0.39 is 32.8 Å². The van der Waals surface area contributed by atoms with Gasteiger partial charge in [0.15, 0.2) is 15.1 Å². The van der Waals surface area contributed by atoms with E-state index in [4.69, 9.17) is 5.11 Å². The summed E-state index contributed by atoms with van der Waals surface area (Å²) >= 11 is 0. The van der Waals surface area contributed by atoms with Gasteiger partial charge >= 0.3 is 11.9 Å². The molecule has 6 nitrogen and oxygen atoms in total. The Kier molecular flexibility index (Phi) is 5.27. The van der Waals surface area contributed by atoms with Crippen LogP contribution in [0, 0.1) is 0 Å². The molecule has 0 amide bonds. The van der Waals surface area contributed by atoms with Gasteiger partial charge in [-0.3, -0.25) is 9.59 Å². The summed E-state index contributed by atoms with van der Waals surface area (Å²) in [5.74, 6) is -3.27. The maximum atomic E-state index is 11.4. The lowest BCUT2D eigenvalue weighted by molar-refractivity contribution is -0.137. The molecule has 0 aliphatic heterocycles. The Hall–Kier alpha value is -1.11. The van der Waals surface area contributed by atoms with Gasteiger partial charge in [-0.1, -0.05) is 13.3 Å². The van der Waals surface area contributed by atoms with Crippen molar-refractivity contribution in [2.75, 3.05) is 12.9 Å². The van der Waals surface area contributed by atoms with Crippen molar-refractivity contribution in [3.05, 3.63) is 0 Å². The summed E-state index contributed by atoms with van der Waals surface area (Å²) in [4.78, 5) is 21.4. The third-order valence-corrected chi connectivity index (χ3v) is 3.75. The lowest BCUT2D eigenvalue weighted by Gasteiger charge is -2.11. The van der Waals surface area contributed by atoms with Crippen LogP contribution in [0.3, 0.4) is 0 Å². The summed E-state index contributed by atoms with van der Waals surface area (Å²) in [5, 5.41) is 7.17. The van der Waals surface area contributed by atoms with Crippen LogP contribution in [0.1, 0.15) is 19.8 Å². The Morgan fingerprint density at radius 3 is 2.27 bits per heavy atom. The van der Waals surface area contributed by atoms with Gasteiger partial charge in [0.1, 0.15) is 5.75 Å². The minimum Gasteiger partial charge on any atom is -0.480 e. The van der Waals surface area contributed by atoms with E-state index in [0.29, 0.717) is 6.42 Å². The van der Waals surface area contributed by atoms with Crippen LogP contribution in [0.4, 0.5) is 0 Å². The predicted octanol–water partition coefficient (Wildman–Crippen LogP) is -0.172. The number of sulfone groups is 1. The van der Waals surface area contributed by atoms with Gasteiger partial charge in [-0.2, -0.15) is 0 Å². The summed E-state index contributed by atoms with van der Waals surface area (Å²) in [5.41, 5.74) is 0. The molecule has 0 aromatic carbocycles. The second-order valence-corrected chi connectivity index (χ2v) is 5.18. The molecule has 0 radical (unpaired) electrons. The van der Waals surface area contributed by atoms with E-state index in [1.54, 1.807) is 6.92 Å². The van der Waals surface area contributed by atoms with Crippen molar-refractivity contribution >= 4 is 21.8 Å². The van der Waals surface area contributed by atoms with Crippen molar-refractivity contribution < 1.29 is 27.9 Å². The number of carboxylic acids is 1. The first kappa shape index (κ1) is 13.9. The minimum atomic E-state index is -3.97.